The lowest BCUT2D eigenvalue weighted by Gasteiger charge is -2.10. The van der Waals surface area contributed by atoms with Crippen molar-refractivity contribution in [3.05, 3.63) is 0 Å². The molecule has 8 heteroatoms. The van der Waals surface area contributed by atoms with E-state index in [0.717, 1.165) is 0 Å². The second-order valence-corrected chi connectivity index (χ2v) is 4.06. The van der Waals surface area contributed by atoms with Crippen LogP contribution in [-0.2, 0) is 9.09 Å². The summed E-state index contributed by atoms with van der Waals surface area (Å²) in [5.74, 6) is 0. The number of rotatable bonds is 8. The van der Waals surface area contributed by atoms with E-state index in [1.807, 2.05) is 0 Å². The molecule has 0 aromatic heterocycles. The minimum Gasteiger partial charge on any atom is -0.391 e. The van der Waals surface area contributed by atoms with Gasteiger partial charge in [-0.05, 0) is 19.3 Å². The van der Waals surface area contributed by atoms with E-state index in [0.29, 0.717) is 19.3 Å². The molecular weight excluding hydrogens is 216 g/mol. The number of hydrogen-bond acceptors (Lipinski definition) is 4. The van der Waals surface area contributed by atoms with E-state index in [2.05, 4.69) is 4.52 Å². The Kier molecular flexibility index (Phi) is 7.26. The average molecular weight is 231 g/mol. The average Bonchev–Trinajstić information content (AvgIpc) is 2.08. The molecule has 14 heavy (non-hydrogen) atoms. The van der Waals surface area contributed by atoms with Crippen molar-refractivity contribution in [2.24, 2.45) is 0 Å². The van der Waals surface area contributed by atoms with Crippen LogP contribution in [0.15, 0.2) is 0 Å². The van der Waals surface area contributed by atoms with Crippen molar-refractivity contribution >= 4 is 7.82 Å². The van der Waals surface area contributed by atoms with E-state index in [1.165, 1.54) is 5.54 Å². The number of nitrogens with one attached hydrogen (secondary N) is 1. The van der Waals surface area contributed by atoms with Gasteiger partial charge in [-0.15, -0.1) is 4.48 Å². The summed E-state index contributed by atoms with van der Waals surface area (Å²) >= 11 is 0. The Balaban J connectivity index is 3.37. The number of aliphatic hydroxyl groups is 1. The maximum absolute atomic E-state index is 11.4. The van der Waals surface area contributed by atoms with Gasteiger partial charge in [0.15, 0.2) is 0 Å². The summed E-state index contributed by atoms with van der Waals surface area (Å²) in [7, 11) is -4.50. The van der Waals surface area contributed by atoms with Crippen molar-refractivity contribution in [1.29, 1.82) is 0 Å². The van der Waals surface area contributed by atoms with Crippen molar-refractivity contribution in [2.75, 3.05) is 13.2 Å². The molecule has 0 aliphatic carbocycles. The van der Waals surface area contributed by atoms with Crippen LogP contribution in [0.2, 0.25) is 0 Å². The van der Waals surface area contributed by atoms with Crippen molar-refractivity contribution < 1.29 is 28.5 Å². The molecule has 0 aliphatic heterocycles. The zero-order valence-corrected chi connectivity index (χ0v) is 8.49. The molecule has 0 spiro atoms. The highest BCUT2D eigenvalue weighted by Gasteiger charge is 2.16. The molecule has 0 fully saturated rings. The van der Waals surface area contributed by atoms with Crippen LogP contribution in [0.5, 0.6) is 0 Å². The maximum Gasteiger partial charge on any atom is 0.469 e. The Morgan fingerprint density at radius 2 is 2.07 bits per heavy atom. The molecule has 86 valence electrons. The summed E-state index contributed by atoms with van der Waals surface area (Å²) in [6, 6.07) is 0. The highest BCUT2D eigenvalue weighted by Crippen LogP contribution is 2.35. The van der Waals surface area contributed by atoms with Gasteiger partial charge in [-0.1, -0.05) is 0 Å². The summed E-state index contributed by atoms with van der Waals surface area (Å²) in [4.78, 5) is 16.6. The molecule has 0 aromatic rings. The first-order valence-corrected chi connectivity index (χ1v) is 5.70. The number of halogens is 1. The number of hydrogen-bond donors (Lipinski definition) is 4. The lowest BCUT2D eigenvalue weighted by atomic mass is 10.2. The van der Waals surface area contributed by atoms with E-state index < -0.39 is 20.5 Å². The second-order valence-electron chi connectivity index (χ2n) is 2.82. The fourth-order valence-electron chi connectivity index (χ4n) is 0.838. The number of unbranched alkanes of at least 4 members (excludes halogenated alkanes) is 1. The molecule has 0 bridgehead atoms. The fraction of sp³-hybridized carbons (Fsp3) is 1.00. The zero-order chi connectivity index (χ0) is 11.0. The first-order chi connectivity index (χ1) is 6.45. The third-order valence-corrected chi connectivity index (χ3v) is 1.98. The third kappa shape index (κ3) is 10.0. The highest BCUT2D eigenvalue weighted by molar-refractivity contribution is 7.46. The van der Waals surface area contributed by atoms with Crippen LogP contribution in [0, 0.1) is 0 Å². The minimum atomic E-state index is -4.50. The van der Waals surface area contributed by atoms with Gasteiger partial charge in [0.05, 0.1) is 12.7 Å². The predicted molar refractivity (Wildman–Crippen MR) is 47.0 cm³/mol. The summed E-state index contributed by atoms with van der Waals surface area (Å²) in [5.41, 5.74) is 1.46. The Morgan fingerprint density at radius 3 is 2.57 bits per heavy atom. The van der Waals surface area contributed by atoms with Gasteiger partial charge in [0, 0.05) is 6.54 Å². The molecule has 0 rings (SSSR count). The Hall–Kier alpha value is -0.0400. The molecule has 0 saturated carbocycles. The molecule has 0 heterocycles. The van der Waals surface area contributed by atoms with E-state index in [-0.39, 0.29) is 6.54 Å². The van der Waals surface area contributed by atoms with Crippen LogP contribution < -0.4 is 5.54 Å². The van der Waals surface area contributed by atoms with Crippen LogP contribution in [0.4, 0.5) is 4.48 Å². The van der Waals surface area contributed by atoms with Gasteiger partial charge < -0.3 is 14.9 Å². The van der Waals surface area contributed by atoms with Gasteiger partial charge in [-0.2, -0.15) is 5.54 Å². The number of aliphatic hydroxyl groups excluding tert-OH is 1. The molecular formula is C6H15FNO5P. The van der Waals surface area contributed by atoms with Crippen LogP contribution >= 0.6 is 7.82 Å². The first-order valence-electron chi connectivity index (χ1n) is 4.17. The summed E-state index contributed by atoms with van der Waals surface area (Å²) in [6.07, 6.45) is 0.496. The molecule has 0 aliphatic rings. The molecule has 0 radical (unpaired) electrons. The van der Waals surface area contributed by atoms with Crippen LogP contribution in [0.3, 0.4) is 0 Å². The van der Waals surface area contributed by atoms with Gasteiger partial charge in [0.1, 0.15) is 0 Å². The van der Waals surface area contributed by atoms with E-state index >= 15 is 0 Å². The molecule has 1 unspecified atom stereocenters. The monoisotopic (exact) mass is 231 g/mol. The van der Waals surface area contributed by atoms with E-state index in [4.69, 9.17) is 14.9 Å². The van der Waals surface area contributed by atoms with E-state index in [1.54, 1.807) is 0 Å². The Morgan fingerprint density at radius 1 is 1.43 bits per heavy atom. The summed E-state index contributed by atoms with van der Waals surface area (Å²) in [5, 5.41) is 9.13. The Bertz CT molecular complexity index is 187. The molecule has 6 nitrogen and oxygen atoms in total. The van der Waals surface area contributed by atoms with Crippen molar-refractivity contribution in [1.82, 2.24) is 5.54 Å². The predicted octanol–water partition coefficient (Wildman–Crippen LogP) is 0.101. The molecule has 0 saturated heterocycles. The van der Waals surface area contributed by atoms with Crippen molar-refractivity contribution in [3.63, 3.8) is 0 Å². The fourth-order valence-corrected chi connectivity index (χ4v) is 1.20. The lowest BCUT2D eigenvalue weighted by Crippen LogP contribution is -2.15. The van der Waals surface area contributed by atoms with Gasteiger partial charge in [-0.3, -0.25) is 4.52 Å². The van der Waals surface area contributed by atoms with Gasteiger partial charge in [0.25, 0.3) is 0 Å². The maximum atomic E-state index is 11.4. The standard InChI is InChI=1S/C6H15FNO5P/c7-8-4-2-1-3-6(9)5-13-14(10,11)12/h6,8-9H,1-5H2,(H2,10,11,12). The zero-order valence-electron chi connectivity index (χ0n) is 7.60. The quantitative estimate of drug-likeness (QED) is 0.268. The van der Waals surface area contributed by atoms with Gasteiger partial charge in [0.2, 0.25) is 0 Å². The van der Waals surface area contributed by atoms with Gasteiger partial charge >= 0.3 is 7.82 Å². The highest BCUT2D eigenvalue weighted by atomic mass is 31.2. The smallest absolute Gasteiger partial charge is 0.391 e. The van der Waals surface area contributed by atoms with Gasteiger partial charge in [-0.25, -0.2) is 4.57 Å². The third-order valence-electron chi connectivity index (χ3n) is 1.49. The number of phosphoric ester groups is 1. The largest absolute Gasteiger partial charge is 0.469 e. The minimum absolute atomic E-state index is 0.200. The number of phosphoric acid groups is 1. The normalized spacial score (nSPS) is 14.3. The van der Waals surface area contributed by atoms with Crippen molar-refractivity contribution in [3.8, 4) is 0 Å². The van der Waals surface area contributed by atoms with Crippen LogP contribution in [0.25, 0.3) is 0 Å². The lowest BCUT2D eigenvalue weighted by molar-refractivity contribution is 0.0772. The summed E-state index contributed by atoms with van der Waals surface area (Å²) < 4.78 is 25.7. The molecule has 0 aromatic carbocycles. The Labute approximate surface area is 81.3 Å². The second kappa shape index (κ2) is 7.28. The van der Waals surface area contributed by atoms with Crippen LogP contribution in [0.1, 0.15) is 19.3 Å². The molecule has 1 atom stereocenters. The van der Waals surface area contributed by atoms with Crippen LogP contribution in [-0.4, -0.2) is 34.1 Å². The first kappa shape index (κ1) is 14.0. The topological polar surface area (TPSA) is 99.0 Å². The summed E-state index contributed by atoms with van der Waals surface area (Å²) in [6.45, 7) is -0.209. The van der Waals surface area contributed by atoms with E-state index in [9.17, 15) is 9.05 Å². The van der Waals surface area contributed by atoms with Crippen molar-refractivity contribution in [2.45, 2.75) is 25.4 Å². The SMILES string of the molecule is O=P(O)(O)OCC(O)CCCCNF. The molecule has 4 N–H and O–H groups in total. The molecule has 0 amide bonds.